The van der Waals surface area contributed by atoms with E-state index in [0.29, 0.717) is 24.6 Å². The van der Waals surface area contributed by atoms with Crippen LogP contribution >= 0.6 is 0 Å². The van der Waals surface area contributed by atoms with Gasteiger partial charge in [0.15, 0.2) is 5.82 Å². The highest BCUT2D eigenvalue weighted by atomic mass is 16.2. The largest absolute Gasteiger partial charge is 0.352 e. The summed E-state index contributed by atoms with van der Waals surface area (Å²) in [6.45, 7) is 2.72. The van der Waals surface area contributed by atoms with Gasteiger partial charge in [-0.05, 0) is 31.0 Å². The van der Waals surface area contributed by atoms with Crippen LogP contribution in [0.25, 0.3) is 0 Å². The predicted molar refractivity (Wildman–Crippen MR) is 89.2 cm³/mol. The summed E-state index contributed by atoms with van der Waals surface area (Å²) in [4.78, 5) is 30.0. The number of carbonyl (C=O) groups is 1. The van der Waals surface area contributed by atoms with Crippen LogP contribution in [0.4, 0.5) is 5.82 Å². The Morgan fingerprint density at radius 1 is 1.04 bits per heavy atom. The van der Waals surface area contributed by atoms with Crippen molar-refractivity contribution < 1.29 is 4.79 Å². The van der Waals surface area contributed by atoms with E-state index in [-0.39, 0.29) is 11.5 Å². The van der Waals surface area contributed by atoms with E-state index in [1.165, 1.54) is 25.1 Å². The lowest BCUT2D eigenvalue weighted by Gasteiger charge is -2.35. The number of rotatable bonds is 3. The second-order valence-corrected chi connectivity index (χ2v) is 6.31. The van der Waals surface area contributed by atoms with Crippen LogP contribution in [0.15, 0.2) is 35.3 Å². The standard InChI is InChI=1S/C17H19N5O2/c23-16-6-3-13(11-18-16)17(24)22-9-7-21(8-10-22)15-5-4-14(19-20-15)12-1-2-12/h3-6,11-12H,1-2,7-10H2,(H,18,23). The van der Waals surface area contributed by atoms with E-state index < -0.39 is 0 Å². The topological polar surface area (TPSA) is 82.2 Å². The number of anilines is 1. The van der Waals surface area contributed by atoms with Crippen LogP contribution < -0.4 is 10.5 Å². The summed E-state index contributed by atoms with van der Waals surface area (Å²) < 4.78 is 0. The summed E-state index contributed by atoms with van der Waals surface area (Å²) in [5, 5.41) is 8.65. The van der Waals surface area contributed by atoms with E-state index in [4.69, 9.17) is 0 Å². The molecular weight excluding hydrogens is 306 g/mol. The van der Waals surface area contributed by atoms with Gasteiger partial charge in [0.25, 0.3) is 5.91 Å². The molecule has 124 valence electrons. The second kappa shape index (κ2) is 6.07. The SMILES string of the molecule is O=C(c1ccc(=O)[nH]c1)N1CCN(c2ccc(C3CC3)nn2)CC1. The van der Waals surface area contributed by atoms with Gasteiger partial charge in [-0.3, -0.25) is 9.59 Å². The quantitative estimate of drug-likeness (QED) is 0.910. The van der Waals surface area contributed by atoms with E-state index in [0.717, 1.165) is 24.6 Å². The zero-order chi connectivity index (χ0) is 16.5. The number of hydrogen-bond acceptors (Lipinski definition) is 5. The average molecular weight is 325 g/mol. The van der Waals surface area contributed by atoms with Crippen LogP contribution in [-0.2, 0) is 0 Å². The maximum absolute atomic E-state index is 12.4. The fourth-order valence-electron chi connectivity index (χ4n) is 2.97. The molecule has 0 atom stereocenters. The van der Waals surface area contributed by atoms with Crippen LogP contribution in [0.1, 0.15) is 34.8 Å². The van der Waals surface area contributed by atoms with Crippen LogP contribution in [0.2, 0.25) is 0 Å². The van der Waals surface area contributed by atoms with Crippen molar-refractivity contribution in [2.45, 2.75) is 18.8 Å². The van der Waals surface area contributed by atoms with Gasteiger partial charge in [-0.25, -0.2) is 0 Å². The third-order valence-corrected chi connectivity index (χ3v) is 4.59. The molecule has 0 aromatic carbocycles. The Balaban J connectivity index is 1.38. The number of nitrogens with zero attached hydrogens (tertiary/aromatic N) is 4. The summed E-state index contributed by atoms with van der Waals surface area (Å²) in [6.07, 6.45) is 3.91. The normalized spacial score (nSPS) is 17.8. The highest BCUT2D eigenvalue weighted by molar-refractivity contribution is 5.94. The number of nitrogens with one attached hydrogen (secondary N) is 1. The van der Waals surface area contributed by atoms with E-state index in [1.807, 2.05) is 6.07 Å². The van der Waals surface area contributed by atoms with Crippen molar-refractivity contribution in [1.82, 2.24) is 20.1 Å². The number of hydrogen-bond donors (Lipinski definition) is 1. The molecule has 4 rings (SSSR count). The van der Waals surface area contributed by atoms with Gasteiger partial charge in [-0.15, -0.1) is 5.10 Å². The van der Waals surface area contributed by atoms with Gasteiger partial charge in [0.05, 0.1) is 11.3 Å². The van der Waals surface area contributed by atoms with Gasteiger partial charge in [0, 0.05) is 44.4 Å². The molecule has 1 amide bonds. The Bertz CT molecular complexity index is 769. The van der Waals surface area contributed by atoms with Crippen LogP contribution in [0.3, 0.4) is 0 Å². The molecule has 1 aliphatic carbocycles. The molecule has 0 spiro atoms. The molecule has 1 saturated carbocycles. The average Bonchev–Trinajstić information content (AvgIpc) is 3.47. The first-order valence-electron chi connectivity index (χ1n) is 8.27. The molecule has 1 aliphatic heterocycles. The number of H-pyrrole nitrogens is 1. The Hall–Kier alpha value is -2.70. The third kappa shape index (κ3) is 3.02. The highest BCUT2D eigenvalue weighted by Gasteiger charge is 2.26. The van der Waals surface area contributed by atoms with Crippen molar-refractivity contribution in [2.75, 3.05) is 31.1 Å². The van der Waals surface area contributed by atoms with Gasteiger partial charge < -0.3 is 14.8 Å². The lowest BCUT2D eigenvalue weighted by atomic mass is 10.2. The molecule has 2 aromatic rings. The number of pyridine rings is 1. The van der Waals surface area contributed by atoms with Gasteiger partial charge in [-0.1, -0.05) is 0 Å². The minimum Gasteiger partial charge on any atom is -0.352 e. The molecule has 0 unspecified atom stereocenters. The maximum atomic E-state index is 12.4. The summed E-state index contributed by atoms with van der Waals surface area (Å²) in [6, 6.07) is 7.04. The number of aromatic nitrogens is 3. The van der Waals surface area contributed by atoms with Crippen LogP contribution in [-0.4, -0.2) is 52.2 Å². The van der Waals surface area contributed by atoms with Crippen molar-refractivity contribution in [2.24, 2.45) is 0 Å². The maximum Gasteiger partial charge on any atom is 0.255 e. The van der Waals surface area contributed by atoms with Crippen molar-refractivity contribution in [1.29, 1.82) is 0 Å². The number of amides is 1. The molecule has 0 bridgehead atoms. The zero-order valence-electron chi connectivity index (χ0n) is 13.3. The molecule has 2 aliphatic rings. The monoisotopic (exact) mass is 325 g/mol. The number of piperazine rings is 1. The zero-order valence-corrected chi connectivity index (χ0v) is 13.3. The van der Waals surface area contributed by atoms with Crippen molar-refractivity contribution >= 4 is 11.7 Å². The van der Waals surface area contributed by atoms with Crippen molar-refractivity contribution in [3.8, 4) is 0 Å². The fourth-order valence-corrected chi connectivity index (χ4v) is 2.97. The molecule has 0 radical (unpaired) electrons. The lowest BCUT2D eigenvalue weighted by Crippen LogP contribution is -2.49. The van der Waals surface area contributed by atoms with Gasteiger partial charge in [0.1, 0.15) is 0 Å². The Kier molecular flexibility index (Phi) is 3.76. The number of aromatic amines is 1. The Morgan fingerprint density at radius 3 is 2.42 bits per heavy atom. The molecule has 2 fully saturated rings. The molecule has 1 saturated heterocycles. The van der Waals surface area contributed by atoms with Gasteiger partial charge in [-0.2, -0.15) is 5.10 Å². The molecule has 24 heavy (non-hydrogen) atoms. The molecule has 2 aromatic heterocycles. The Labute approximate surface area is 139 Å². The molecular formula is C17H19N5O2. The Morgan fingerprint density at radius 2 is 1.83 bits per heavy atom. The fraction of sp³-hybridized carbons (Fsp3) is 0.412. The molecule has 7 nitrogen and oxygen atoms in total. The second-order valence-electron chi connectivity index (χ2n) is 6.31. The molecule has 1 N–H and O–H groups in total. The summed E-state index contributed by atoms with van der Waals surface area (Å²) in [5.74, 6) is 1.43. The summed E-state index contributed by atoms with van der Waals surface area (Å²) in [7, 11) is 0. The summed E-state index contributed by atoms with van der Waals surface area (Å²) in [5.41, 5.74) is 1.40. The van der Waals surface area contributed by atoms with Crippen molar-refractivity contribution in [3.63, 3.8) is 0 Å². The lowest BCUT2D eigenvalue weighted by molar-refractivity contribution is 0.0746. The third-order valence-electron chi connectivity index (χ3n) is 4.59. The predicted octanol–water partition coefficient (Wildman–Crippen LogP) is 1.00. The minimum atomic E-state index is -0.204. The minimum absolute atomic E-state index is 0.0546. The summed E-state index contributed by atoms with van der Waals surface area (Å²) >= 11 is 0. The van der Waals surface area contributed by atoms with E-state index in [9.17, 15) is 9.59 Å². The first kappa shape index (κ1) is 14.9. The van der Waals surface area contributed by atoms with Crippen LogP contribution in [0, 0.1) is 0 Å². The van der Waals surface area contributed by atoms with E-state index in [1.54, 1.807) is 11.0 Å². The number of carbonyl (C=O) groups excluding carboxylic acids is 1. The van der Waals surface area contributed by atoms with E-state index in [2.05, 4.69) is 26.1 Å². The molecule has 7 heteroatoms. The van der Waals surface area contributed by atoms with E-state index >= 15 is 0 Å². The van der Waals surface area contributed by atoms with Gasteiger partial charge in [0.2, 0.25) is 5.56 Å². The van der Waals surface area contributed by atoms with Gasteiger partial charge >= 0.3 is 0 Å². The first-order chi connectivity index (χ1) is 11.7. The smallest absolute Gasteiger partial charge is 0.255 e. The molecule has 3 heterocycles. The van der Waals surface area contributed by atoms with Crippen molar-refractivity contribution in [3.05, 3.63) is 52.1 Å². The van der Waals surface area contributed by atoms with Crippen LogP contribution in [0.5, 0.6) is 0 Å². The highest BCUT2D eigenvalue weighted by Crippen LogP contribution is 2.38. The first-order valence-corrected chi connectivity index (χ1v) is 8.27.